The number of hydrogen-bond acceptors (Lipinski definition) is 2. The van der Waals surface area contributed by atoms with Crippen molar-refractivity contribution in [1.29, 1.82) is 0 Å². The molecular formula is C16H12F6O2. The zero-order chi connectivity index (χ0) is 18.1. The van der Waals surface area contributed by atoms with E-state index >= 15 is 0 Å². The van der Waals surface area contributed by atoms with E-state index in [1.165, 1.54) is 19.2 Å². The Labute approximate surface area is 133 Å². The van der Waals surface area contributed by atoms with Crippen LogP contribution < -0.4 is 9.47 Å². The van der Waals surface area contributed by atoms with E-state index in [0.29, 0.717) is 12.1 Å². The van der Waals surface area contributed by atoms with Gasteiger partial charge in [-0.25, -0.2) is 0 Å². The monoisotopic (exact) mass is 350 g/mol. The molecule has 0 saturated carbocycles. The van der Waals surface area contributed by atoms with Gasteiger partial charge in [0.15, 0.2) is 0 Å². The summed E-state index contributed by atoms with van der Waals surface area (Å²) >= 11 is 0. The van der Waals surface area contributed by atoms with Crippen LogP contribution in [0.1, 0.15) is 11.1 Å². The van der Waals surface area contributed by atoms with Crippen molar-refractivity contribution >= 4 is 0 Å². The van der Waals surface area contributed by atoms with Crippen molar-refractivity contribution in [3.8, 4) is 22.6 Å². The fourth-order valence-electron chi connectivity index (χ4n) is 2.32. The third kappa shape index (κ3) is 3.42. The van der Waals surface area contributed by atoms with Crippen molar-refractivity contribution in [2.45, 2.75) is 12.4 Å². The molecule has 2 aromatic rings. The lowest BCUT2D eigenvalue weighted by Crippen LogP contribution is -2.14. The Bertz CT molecular complexity index is 702. The summed E-state index contributed by atoms with van der Waals surface area (Å²) in [5, 5.41) is 0. The SMILES string of the molecule is COc1ccc(-c2c(C(F)(F)F)cccc2C(F)(F)F)c(OC)c1. The Kier molecular flexibility index (Phi) is 4.68. The van der Waals surface area contributed by atoms with E-state index in [9.17, 15) is 26.3 Å². The first kappa shape index (κ1) is 18.0. The highest BCUT2D eigenvalue weighted by Gasteiger charge is 2.41. The Balaban J connectivity index is 2.86. The lowest BCUT2D eigenvalue weighted by molar-refractivity contribution is -0.142. The Hall–Kier alpha value is -2.38. The summed E-state index contributed by atoms with van der Waals surface area (Å²) < 4.78 is 89.4. The fraction of sp³-hybridized carbons (Fsp3) is 0.250. The molecule has 0 bridgehead atoms. The van der Waals surface area contributed by atoms with Crippen LogP contribution in [0.2, 0.25) is 0 Å². The van der Waals surface area contributed by atoms with E-state index in [2.05, 4.69) is 0 Å². The van der Waals surface area contributed by atoms with Crippen LogP contribution in [0.3, 0.4) is 0 Å². The van der Waals surface area contributed by atoms with Crippen LogP contribution in [0.15, 0.2) is 36.4 Å². The van der Waals surface area contributed by atoms with Crippen LogP contribution in [0, 0.1) is 0 Å². The molecule has 2 nitrogen and oxygen atoms in total. The van der Waals surface area contributed by atoms with E-state index in [-0.39, 0.29) is 17.1 Å². The minimum atomic E-state index is -4.96. The van der Waals surface area contributed by atoms with Crippen LogP contribution >= 0.6 is 0 Å². The maximum absolute atomic E-state index is 13.3. The number of ether oxygens (including phenoxy) is 2. The molecule has 0 spiro atoms. The summed E-state index contributed by atoms with van der Waals surface area (Å²) in [7, 11) is 2.47. The van der Waals surface area contributed by atoms with Crippen LogP contribution in [-0.2, 0) is 12.4 Å². The van der Waals surface area contributed by atoms with E-state index in [1.54, 1.807) is 0 Å². The quantitative estimate of drug-likeness (QED) is 0.689. The topological polar surface area (TPSA) is 18.5 Å². The second-order valence-electron chi connectivity index (χ2n) is 4.79. The molecule has 0 aliphatic rings. The van der Waals surface area contributed by atoms with Gasteiger partial charge in [0, 0.05) is 17.2 Å². The Morgan fingerprint density at radius 1 is 0.750 bits per heavy atom. The third-order valence-corrected chi connectivity index (χ3v) is 3.35. The molecule has 130 valence electrons. The lowest BCUT2D eigenvalue weighted by Gasteiger charge is -2.20. The molecule has 0 saturated heterocycles. The molecular weight excluding hydrogens is 338 g/mol. The second kappa shape index (κ2) is 6.26. The number of rotatable bonds is 3. The highest BCUT2D eigenvalue weighted by atomic mass is 19.4. The normalized spacial score (nSPS) is 12.2. The van der Waals surface area contributed by atoms with Crippen molar-refractivity contribution in [3.63, 3.8) is 0 Å². The van der Waals surface area contributed by atoms with Gasteiger partial charge in [0.1, 0.15) is 11.5 Å². The molecule has 0 heterocycles. The minimum Gasteiger partial charge on any atom is -0.497 e. The Morgan fingerprint density at radius 2 is 1.29 bits per heavy atom. The van der Waals surface area contributed by atoms with Crippen molar-refractivity contribution in [3.05, 3.63) is 47.5 Å². The van der Waals surface area contributed by atoms with E-state index in [0.717, 1.165) is 19.2 Å². The molecule has 0 aromatic heterocycles. The summed E-state index contributed by atoms with van der Waals surface area (Å²) in [6.45, 7) is 0. The van der Waals surface area contributed by atoms with Crippen molar-refractivity contribution in [2.75, 3.05) is 14.2 Å². The third-order valence-electron chi connectivity index (χ3n) is 3.35. The van der Waals surface area contributed by atoms with E-state index in [1.807, 2.05) is 0 Å². The maximum Gasteiger partial charge on any atom is 0.417 e. The molecule has 0 aliphatic carbocycles. The average molecular weight is 350 g/mol. The zero-order valence-electron chi connectivity index (χ0n) is 12.5. The molecule has 2 aromatic carbocycles. The molecule has 0 amide bonds. The highest BCUT2D eigenvalue weighted by molar-refractivity contribution is 5.78. The maximum atomic E-state index is 13.3. The minimum absolute atomic E-state index is 0.156. The predicted molar refractivity (Wildman–Crippen MR) is 75.0 cm³/mol. The first-order valence-corrected chi connectivity index (χ1v) is 6.59. The zero-order valence-corrected chi connectivity index (χ0v) is 12.5. The van der Waals surface area contributed by atoms with Crippen LogP contribution in [0.4, 0.5) is 26.3 Å². The van der Waals surface area contributed by atoms with Crippen molar-refractivity contribution in [1.82, 2.24) is 0 Å². The molecule has 0 unspecified atom stereocenters. The smallest absolute Gasteiger partial charge is 0.417 e. The number of methoxy groups -OCH3 is 2. The number of hydrogen-bond donors (Lipinski definition) is 0. The van der Waals surface area contributed by atoms with Gasteiger partial charge in [-0.1, -0.05) is 6.07 Å². The summed E-state index contributed by atoms with van der Waals surface area (Å²) in [6, 6.07) is 5.54. The standard InChI is InChI=1S/C16H12F6O2/c1-23-9-6-7-10(13(8-9)24-2)14-11(15(17,18)19)4-3-5-12(14)16(20,21)22/h3-8H,1-2H3. The first-order valence-electron chi connectivity index (χ1n) is 6.59. The van der Waals surface area contributed by atoms with Crippen LogP contribution in [-0.4, -0.2) is 14.2 Å². The fourth-order valence-corrected chi connectivity index (χ4v) is 2.32. The average Bonchev–Trinajstić information content (AvgIpc) is 2.51. The summed E-state index contributed by atoms with van der Waals surface area (Å²) in [5.74, 6) is 0.0881. The summed E-state index contributed by atoms with van der Waals surface area (Å²) in [4.78, 5) is 0. The summed E-state index contributed by atoms with van der Waals surface area (Å²) in [5.41, 5.74) is -4.07. The largest absolute Gasteiger partial charge is 0.497 e. The lowest BCUT2D eigenvalue weighted by atomic mass is 9.92. The summed E-state index contributed by atoms with van der Waals surface area (Å²) in [6.07, 6.45) is -9.91. The number of halogens is 6. The predicted octanol–water partition coefficient (Wildman–Crippen LogP) is 5.41. The molecule has 0 fully saturated rings. The van der Waals surface area contributed by atoms with Gasteiger partial charge in [-0.15, -0.1) is 0 Å². The van der Waals surface area contributed by atoms with E-state index < -0.39 is 29.0 Å². The molecule has 8 heteroatoms. The van der Waals surface area contributed by atoms with Crippen molar-refractivity contribution in [2.24, 2.45) is 0 Å². The number of alkyl halides is 6. The van der Waals surface area contributed by atoms with Crippen LogP contribution in [0.5, 0.6) is 11.5 Å². The van der Waals surface area contributed by atoms with Gasteiger partial charge in [-0.2, -0.15) is 26.3 Å². The van der Waals surface area contributed by atoms with Gasteiger partial charge < -0.3 is 9.47 Å². The molecule has 0 atom stereocenters. The number of benzene rings is 2. The second-order valence-corrected chi connectivity index (χ2v) is 4.79. The van der Waals surface area contributed by atoms with Crippen LogP contribution in [0.25, 0.3) is 11.1 Å². The van der Waals surface area contributed by atoms with E-state index in [4.69, 9.17) is 9.47 Å². The molecule has 2 rings (SSSR count). The van der Waals surface area contributed by atoms with Crippen molar-refractivity contribution < 1.29 is 35.8 Å². The Morgan fingerprint density at radius 3 is 1.71 bits per heavy atom. The van der Waals surface area contributed by atoms with Gasteiger partial charge in [0.05, 0.1) is 25.3 Å². The molecule has 0 radical (unpaired) electrons. The van der Waals surface area contributed by atoms with Gasteiger partial charge >= 0.3 is 12.4 Å². The van der Waals surface area contributed by atoms with Gasteiger partial charge in [0.2, 0.25) is 0 Å². The molecule has 0 N–H and O–H groups in total. The van der Waals surface area contributed by atoms with Gasteiger partial charge in [-0.05, 0) is 24.3 Å². The molecule has 0 aliphatic heterocycles. The highest BCUT2D eigenvalue weighted by Crippen LogP contribution is 2.47. The van der Waals surface area contributed by atoms with Gasteiger partial charge in [-0.3, -0.25) is 0 Å². The van der Waals surface area contributed by atoms with Gasteiger partial charge in [0.25, 0.3) is 0 Å². The molecule has 24 heavy (non-hydrogen) atoms. The first-order chi connectivity index (χ1) is 11.1.